The topological polar surface area (TPSA) is 89.9 Å². The zero-order valence-corrected chi connectivity index (χ0v) is 19.5. The van der Waals surface area contributed by atoms with Crippen molar-refractivity contribution in [2.45, 2.75) is 62.5 Å². The Bertz CT molecular complexity index is 964. The lowest BCUT2D eigenvalue weighted by Crippen LogP contribution is -2.63. The predicted molar refractivity (Wildman–Crippen MR) is 117 cm³/mol. The van der Waals surface area contributed by atoms with Crippen LogP contribution in [-0.4, -0.2) is 39.4 Å². The predicted octanol–water partition coefficient (Wildman–Crippen LogP) is 3.48. The van der Waals surface area contributed by atoms with Crippen LogP contribution >= 0.6 is 23.2 Å². The third-order valence-corrected chi connectivity index (χ3v) is 8.91. The Labute approximate surface area is 197 Å². The summed E-state index contributed by atoms with van der Waals surface area (Å²) in [4.78, 5) is 36.0. The van der Waals surface area contributed by atoms with Gasteiger partial charge in [0.05, 0.1) is 6.10 Å². The number of ether oxygens (including phenoxy) is 2. The number of rotatable bonds is 3. The first-order chi connectivity index (χ1) is 15.0. The number of hydrogen-bond donors (Lipinski definition) is 1. The Morgan fingerprint density at radius 2 is 2.03 bits per heavy atom. The lowest BCUT2D eigenvalue weighted by atomic mass is 9.46. The van der Waals surface area contributed by atoms with Crippen LogP contribution in [0.4, 0.5) is 0 Å². The largest absolute Gasteiger partial charge is 0.444 e. The molecule has 0 radical (unpaired) electrons. The molecule has 0 aromatic carbocycles. The van der Waals surface area contributed by atoms with Gasteiger partial charge in [-0.1, -0.05) is 55.1 Å². The molecule has 0 bridgehead atoms. The molecular formula is C24H26Cl2O6. The van der Waals surface area contributed by atoms with Crippen LogP contribution in [0, 0.1) is 41.1 Å². The summed E-state index contributed by atoms with van der Waals surface area (Å²) < 4.78 is 10.6. The van der Waals surface area contributed by atoms with E-state index < -0.39 is 39.3 Å². The molecular weight excluding hydrogens is 455 g/mol. The molecule has 3 fully saturated rings. The number of halogens is 2. The highest BCUT2D eigenvalue weighted by Crippen LogP contribution is 2.68. The van der Waals surface area contributed by atoms with Crippen LogP contribution in [0.15, 0.2) is 23.8 Å². The molecule has 4 aliphatic carbocycles. The molecule has 0 aromatic rings. The molecule has 1 N–H and O–H groups in total. The van der Waals surface area contributed by atoms with Crippen LogP contribution in [-0.2, 0) is 23.9 Å². The summed E-state index contributed by atoms with van der Waals surface area (Å²) in [6.45, 7) is 3.91. The Balaban J connectivity index is 1.76. The summed E-state index contributed by atoms with van der Waals surface area (Å²) in [6.07, 6.45) is 13.9. The maximum atomic E-state index is 13.1. The fourth-order valence-corrected chi connectivity index (χ4v) is 7.30. The normalized spacial score (nSPS) is 42.3. The van der Waals surface area contributed by atoms with Crippen molar-refractivity contribution in [1.29, 1.82) is 0 Å². The number of allylic oxidation sites excluding steroid dienone is 4. The Hall–Kier alpha value is -1.81. The number of alkyl halides is 2. The van der Waals surface area contributed by atoms with Crippen molar-refractivity contribution < 1.29 is 29.0 Å². The van der Waals surface area contributed by atoms with Crippen LogP contribution in [0.2, 0.25) is 0 Å². The number of carbonyl (C=O) groups excluding carboxylic acids is 3. The van der Waals surface area contributed by atoms with E-state index in [-0.39, 0.29) is 36.4 Å². The van der Waals surface area contributed by atoms with E-state index >= 15 is 0 Å². The molecule has 172 valence electrons. The maximum absolute atomic E-state index is 13.1. The molecule has 0 heterocycles. The molecule has 6 nitrogen and oxygen atoms in total. The van der Waals surface area contributed by atoms with E-state index in [2.05, 4.69) is 6.92 Å². The fourth-order valence-electron chi connectivity index (χ4n) is 7.21. The average Bonchev–Trinajstić information content (AvgIpc) is 3.01. The molecule has 7 atom stereocenters. The Morgan fingerprint density at radius 1 is 1.31 bits per heavy atom. The van der Waals surface area contributed by atoms with E-state index in [1.807, 2.05) is 19.1 Å². The van der Waals surface area contributed by atoms with E-state index in [0.717, 1.165) is 18.4 Å². The summed E-state index contributed by atoms with van der Waals surface area (Å²) in [6, 6.07) is 0. The average molecular weight is 481 g/mol. The Kier molecular flexibility index (Phi) is 5.76. The van der Waals surface area contributed by atoms with Crippen LogP contribution in [0.5, 0.6) is 0 Å². The number of hydrogen-bond acceptors (Lipinski definition) is 6. The van der Waals surface area contributed by atoms with Crippen molar-refractivity contribution in [2.75, 3.05) is 0 Å². The SMILES string of the molecule is C#COC(=O)[C@@]1(OC(=O)C(Cl)Cl)CCC2C3CCC4=CC(=O)C=CC4(C)C3[C@@H](O)CC21C. The van der Waals surface area contributed by atoms with E-state index in [9.17, 15) is 19.5 Å². The van der Waals surface area contributed by atoms with Crippen molar-refractivity contribution in [2.24, 2.45) is 28.6 Å². The molecule has 0 aliphatic heterocycles. The lowest BCUT2D eigenvalue weighted by Gasteiger charge is -2.59. The molecule has 3 saturated carbocycles. The first-order valence-corrected chi connectivity index (χ1v) is 11.7. The molecule has 4 rings (SSSR count). The van der Waals surface area contributed by atoms with Gasteiger partial charge in [0.25, 0.3) is 0 Å². The van der Waals surface area contributed by atoms with Gasteiger partial charge in [-0.15, -0.1) is 0 Å². The van der Waals surface area contributed by atoms with Gasteiger partial charge in [-0.25, -0.2) is 9.59 Å². The summed E-state index contributed by atoms with van der Waals surface area (Å²) >= 11 is 11.4. The number of aliphatic hydroxyl groups excluding tert-OH is 1. The first-order valence-electron chi connectivity index (χ1n) is 10.8. The third kappa shape index (κ3) is 3.16. The monoisotopic (exact) mass is 480 g/mol. The fraction of sp³-hybridized carbons (Fsp3) is 0.625. The van der Waals surface area contributed by atoms with E-state index in [1.54, 1.807) is 12.2 Å². The zero-order chi connectivity index (χ0) is 23.5. The van der Waals surface area contributed by atoms with E-state index in [4.69, 9.17) is 39.1 Å². The molecule has 32 heavy (non-hydrogen) atoms. The first kappa shape index (κ1) is 23.4. The highest BCUT2D eigenvalue weighted by molar-refractivity contribution is 6.53. The number of aliphatic hydroxyl groups is 1. The molecule has 0 saturated heterocycles. The number of esters is 2. The summed E-state index contributed by atoms with van der Waals surface area (Å²) in [5.74, 6) is -1.95. The van der Waals surface area contributed by atoms with Crippen molar-refractivity contribution >= 4 is 40.9 Å². The van der Waals surface area contributed by atoms with Gasteiger partial charge in [-0.05, 0) is 56.1 Å². The minimum atomic E-state index is -1.69. The van der Waals surface area contributed by atoms with E-state index in [0.29, 0.717) is 6.42 Å². The van der Waals surface area contributed by atoms with Crippen molar-refractivity contribution in [3.8, 4) is 12.5 Å². The molecule has 8 heteroatoms. The second kappa shape index (κ2) is 7.90. The second-order valence-electron chi connectivity index (χ2n) is 9.81. The smallest absolute Gasteiger partial charge is 0.365 e. The van der Waals surface area contributed by atoms with Crippen LogP contribution in [0.1, 0.15) is 46.0 Å². The molecule has 0 aromatic heterocycles. The summed E-state index contributed by atoms with van der Waals surface area (Å²) in [5.41, 5.74) is -2.03. The summed E-state index contributed by atoms with van der Waals surface area (Å²) in [5, 5.41) is 11.4. The maximum Gasteiger partial charge on any atom is 0.365 e. The number of carbonyl (C=O) groups is 3. The van der Waals surface area contributed by atoms with Crippen molar-refractivity contribution in [3.05, 3.63) is 23.8 Å². The molecule has 5 unspecified atom stereocenters. The van der Waals surface area contributed by atoms with Crippen molar-refractivity contribution in [1.82, 2.24) is 0 Å². The van der Waals surface area contributed by atoms with Crippen molar-refractivity contribution in [3.63, 3.8) is 0 Å². The summed E-state index contributed by atoms with van der Waals surface area (Å²) in [7, 11) is 0. The van der Waals surface area contributed by atoms with Gasteiger partial charge in [-0.3, -0.25) is 4.79 Å². The minimum absolute atomic E-state index is 0.0356. The second-order valence-corrected chi connectivity index (χ2v) is 10.9. The quantitative estimate of drug-likeness (QED) is 0.377. The van der Waals surface area contributed by atoms with Gasteiger partial charge < -0.3 is 14.6 Å². The number of terminal acetylenes is 1. The lowest BCUT2D eigenvalue weighted by molar-refractivity contribution is -0.208. The highest BCUT2D eigenvalue weighted by atomic mass is 35.5. The minimum Gasteiger partial charge on any atom is -0.444 e. The van der Waals surface area contributed by atoms with Crippen LogP contribution in [0.3, 0.4) is 0 Å². The van der Waals surface area contributed by atoms with Crippen LogP contribution in [0.25, 0.3) is 0 Å². The van der Waals surface area contributed by atoms with Gasteiger partial charge in [0.2, 0.25) is 10.4 Å². The van der Waals surface area contributed by atoms with Gasteiger partial charge in [0, 0.05) is 16.7 Å². The molecule has 0 amide bonds. The van der Waals surface area contributed by atoms with Gasteiger partial charge in [-0.2, -0.15) is 0 Å². The third-order valence-electron chi connectivity index (χ3n) is 8.55. The molecule has 4 aliphatic rings. The highest BCUT2D eigenvalue weighted by Gasteiger charge is 2.71. The standard InChI is InChI=1S/C24H26Cl2O6/c1-4-31-21(30)24(32-20(29)19(25)26)10-8-16-15-6-5-13-11-14(27)7-9-22(13,2)18(15)17(28)12-23(16,24)3/h1,7,9,11,15-19,28H,5-6,8,10,12H2,2-3H3/t15?,16?,17-,18?,22?,23?,24-/m0/s1. The molecule has 0 spiro atoms. The van der Waals surface area contributed by atoms with Gasteiger partial charge >= 0.3 is 11.9 Å². The van der Waals surface area contributed by atoms with Gasteiger partial charge in [0.15, 0.2) is 5.78 Å². The zero-order valence-electron chi connectivity index (χ0n) is 18.0. The number of fused-ring (bicyclic) bond motifs is 5. The Morgan fingerprint density at radius 3 is 2.69 bits per heavy atom. The van der Waals surface area contributed by atoms with Crippen LogP contribution < -0.4 is 0 Å². The number of ketones is 1. The van der Waals surface area contributed by atoms with E-state index in [1.165, 1.54) is 0 Å². The van der Waals surface area contributed by atoms with Gasteiger partial charge in [0.1, 0.15) is 6.11 Å².